The first-order valence-electron chi connectivity index (χ1n) is 5.34. The van der Waals surface area contributed by atoms with Gasteiger partial charge in [-0.3, -0.25) is 0 Å². The van der Waals surface area contributed by atoms with Crippen molar-refractivity contribution in [2.75, 3.05) is 0 Å². The first-order chi connectivity index (χ1) is 6.77. The van der Waals surface area contributed by atoms with E-state index in [-0.39, 0.29) is 1.43 Å². The van der Waals surface area contributed by atoms with Crippen LogP contribution in [0, 0.1) is 0 Å². The summed E-state index contributed by atoms with van der Waals surface area (Å²) in [7, 11) is 0. The van der Waals surface area contributed by atoms with Gasteiger partial charge in [0.1, 0.15) is 0 Å². The second kappa shape index (κ2) is 4.85. The fraction of sp³-hybridized carbons (Fsp3) is 0.385. The maximum absolute atomic E-state index is 3.19. The SMILES string of the molecule is CC.CC(C)c1ccc2[nH]ccc2c1.[HH]. The Hall–Kier alpha value is -1.24. The molecule has 0 saturated carbocycles. The molecule has 1 aromatic heterocycles. The minimum atomic E-state index is 0. The van der Waals surface area contributed by atoms with Gasteiger partial charge in [0.25, 0.3) is 0 Å². The van der Waals surface area contributed by atoms with Gasteiger partial charge in [-0.15, -0.1) is 0 Å². The van der Waals surface area contributed by atoms with Crippen LogP contribution >= 0.6 is 0 Å². The topological polar surface area (TPSA) is 15.8 Å². The first kappa shape index (κ1) is 10.8. The van der Waals surface area contributed by atoms with Gasteiger partial charge in [0.05, 0.1) is 0 Å². The molecule has 1 nitrogen and oxygen atoms in total. The summed E-state index contributed by atoms with van der Waals surface area (Å²) in [6.45, 7) is 8.43. The van der Waals surface area contributed by atoms with E-state index in [9.17, 15) is 0 Å². The van der Waals surface area contributed by atoms with Crippen molar-refractivity contribution in [2.45, 2.75) is 33.6 Å². The van der Waals surface area contributed by atoms with Crippen molar-refractivity contribution in [1.82, 2.24) is 4.98 Å². The van der Waals surface area contributed by atoms with Crippen molar-refractivity contribution in [1.29, 1.82) is 0 Å². The predicted molar refractivity (Wildman–Crippen MR) is 65.8 cm³/mol. The average Bonchev–Trinajstić information content (AvgIpc) is 2.67. The van der Waals surface area contributed by atoms with E-state index >= 15 is 0 Å². The lowest BCUT2D eigenvalue weighted by Crippen LogP contribution is -1.85. The minimum Gasteiger partial charge on any atom is -0.361 e. The Morgan fingerprint density at radius 2 is 1.86 bits per heavy atom. The molecule has 0 bridgehead atoms. The molecular formula is C13H21N. The molecule has 14 heavy (non-hydrogen) atoms. The van der Waals surface area contributed by atoms with Crippen molar-refractivity contribution < 1.29 is 1.43 Å². The maximum Gasteiger partial charge on any atom is 0.0454 e. The van der Waals surface area contributed by atoms with E-state index in [1.54, 1.807) is 0 Å². The Balaban J connectivity index is 0.000000617. The number of benzene rings is 1. The first-order valence-corrected chi connectivity index (χ1v) is 5.34. The fourth-order valence-corrected chi connectivity index (χ4v) is 1.43. The Morgan fingerprint density at radius 1 is 1.14 bits per heavy atom. The van der Waals surface area contributed by atoms with Crippen molar-refractivity contribution in [3.05, 3.63) is 36.0 Å². The van der Waals surface area contributed by atoms with Crippen LogP contribution in [0.2, 0.25) is 0 Å². The molecule has 0 unspecified atom stereocenters. The average molecular weight is 191 g/mol. The number of H-pyrrole nitrogens is 1. The molecule has 1 heteroatoms. The summed E-state index contributed by atoms with van der Waals surface area (Å²) in [5, 5.41) is 1.31. The highest BCUT2D eigenvalue weighted by molar-refractivity contribution is 5.80. The minimum absolute atomic E-state index is 0. The monoisotopic (exact) mass is 191 g/mol. The van der Waals surface area contributed by atoms with Crippen LogP contribution in [0.25, 0.3) is 10.9 Å². The van der Waals surface area contributed by atoms with Gasteiger partial charge in [-0.05, 0) is 35.1 Å². The van der Waals surface area contributed by atoms with Crippen LogP contribution in [0.5, 0.6) is 0 Å². The van der Waals surface area contributed by atoms with Crippen LogP contribution in [0.4, 0.5) is 0 Å². The van der Waals surface area contributed by atoms with Crippen LogP contribution in [0.3, 0.4) is 0 Å². The Morgan fingerprint density at radius 3 is 2.50 bits per heavy atom. The molecular weight excluding hydrogens is 170 g/mol. The molecule has 1 heterocycles. The molecule has 0 fully saturated rings. The van der Waals surface area contributed by atoms with E-state index in [1.165, 1.54) is 16.5 Å². The Bertz CT molecular complexity index is 390. The molecule has 78 valence electrons. The number of hydrogen-bond donors (Lipinski definition) is 1. The van der Waals surface area contributed by atoms with E-state index in [0.29, 0.717) is 5.92 Å². The van der Waals surface area contributed by atoms with Gasteiger partial charge in [-0.1, -0.05) is 33.8 Å². The Kier molecular flexibility index (Phi) is 3.75. The Labute approximate surface area is 87.6 Å². The van der Waals surface area contributed by atoms with E-state index in [1.807, 2.05) is 20.0 Å². The zero-order valence-corrected chi connectivity index (χ0v) is 9.46. The summed E-state index contributed by atoms with van der Waals surface area (Å²) < 4.78 is 0. The number of rotatable bonds is 1. The lowest BCUT2D eigenvalue weighted by molar-refractivity contribution is 0.869. The summed E-state index contributed by atoms with van der Waals surface area (Å²) in [6, 6.07) is 8.69. The van der Waals surface area contributed by atoms with Crippen LogP contribution in [-0.4, -0.2) is 4.98 Å². The third-order valence-electron chi connectivity index (χ3n) is 2.24. The van der Waals surface area contributed by atoms with Crippen LogP contribution in [-0.2, 0) is 0 Å². The highest BCUT2D eigenvalue weighted by atomic mass is 14.7. The number of fused-ring (bicyclic) bond motifs is 1. The summed E-state index contributed by atoms with van der Waals surface area (Å²) in [6.07, 6.45) is 1.98. The molecule has 0 saturated heterocycles. The van der Waals surface area contributed by atoms with Gasteiger partial charge >= 0.3 is 0 Å². The van der Waals surface area contributed by atoms with Gasteiger partial charge in [0.2, 0.25) is 0 Å². The molecule has 1 N–H and O–H groups in total. The molecule has 0 aliphatic carbocycles. The van der Waals surface area contributed by atoms with Gasteiger partial charge < -0.3 is 4.98 Å². The van der Waals surface area contributed by atoms with Gasteiger partial charge in [0, 0.05) is 13.1 Å². The molecule has 1 aromatic carbocycles. The predicted octanol–water partition coefficient (Wildman–Crippen LogP) is 4.56. The van der Waals surface area contributed by atoms with Gasteiger partial charge in [-0.2, -0.15) is 0 Å². The number of aromatic nitrogens is 1. The van der Waals surface area contributed by atoms with E-state index < -0.39 is 0 Å². The quantitative estimate of drug-likeness (QED) is 0.680. The van der Waals surface area contributed by atoms with Crippen molar-refractivity contribution in [3.8, 4) is 0 Å². The van der Waals surface area contributed by atoms with Crippen LogP contribution < -0.4 is 0 Å². The standard InChI is InChI=1S/C11H13N.C2H6.H2/c1-8(2)9-3-4-11-10(7-9)5-6-12-11;1-2;/h3-8,12H,1-2H3;1-2H3;1H. The lowest BCUT2D eigenvalue weighted by Gasteiger charge is -2.03. The smallest absolute Gasteiger partial charge is 0.0454 e. The molecule has 2 aromatic rings. The maximum atomic E-state index is 3.19. The van der Waals surface area contributed by atoms with Gasteiger partial charge in [-0.25, -0.2) is 0 Å². The molecule has 0 aliphatic rings. The van der Waals surface area contributed by atoms with Crippen LogP contribution in [0.1, 0.15) is 40.6 Å². The van der Waals surface area contributed by atoms with E-state index in [0.717, 1.165) is 0 Å². The van der Waals surface area contributed by atoms with Crippen molar-refractivity contribution >= 4 is 10.9 Å². The number of nitrogens with one attached hydrogen (secondary N) is 1. The lowest BCUT2D eigenvalue weighted by atomic mass is 10.0. The van der Waals surface area contributed by atoms with Gasteiger partial charge in [0.15, 0.2) is 0 Å². The van der Waals surface area contributed by atoms with E-state index in [2.05, 4.69) is 43.1 Å². The van der Waals surface area contributed by atoms with Crippen molar-refractivity contribution in [2.24, 2.45) is 0 Å². The molecule has 0 atom stereocenters. The summed E-state index contributed by atoms with van der Waals surface area (Å²) >= 11 is 0. The van der Waals surface area contributed by atoms with Crippen LogP contribution in [0.15, 0.2) is 30.5 Å². The molecule has 2 rings (SSSR count). The number of hydrogen-bond acceptors (Lipinski definition) is 0. The second-order valence-electron chi connectivity index (χ2n) is 3.48. The molecule has 0 aliphatic heterocycles. The van der Waals surface area contributed by atoms with Crippen molar-refractivity contribution in [3.63, 3.8) is 0 Å². The molecule has 0 spiro atoms. The third-order valence-corrected chi connectivity index (χ3v) is 2.24. The highest BCUT2D eigenvalue weighted by Gasteiger charge is 1.99. The summed E-state index contributed by atoms with van der Waals surface area (Å²) in [5.41, 5.74) is 2.63. The highest BCUT2D eigenvalue weighted by Crippen LogP contribution is 2.19. The molecule has 0 amide bonds. The zero-order valence-electron chi connectivity index (χ0n) is 9.46. The normalized spacial score (nSPS) is 10.1. The third kappa shape index (κ3) is 2.16. The number of aromatic amines is 1. The second-order valence-corrected chi connectivity index (χ2v) is 3.48. The fourth-order valence-electron chi connectivity index (χ4n) is 1.43. The summed E-state index contributed by atoms with van der Waals surface area (Å²) in [4.78, 5) is 3.19. The largest absolute Gasteiger partial charge is 0.361 e. The molecule has 0 radical (unpaired) electrons. The van der Waals surface area contributed by atoms with E-state index in [4.69, 9.17) is 0 Å². The zero-order chi connectivity index (χ0) is 10.6. The summed E-state index contributed by atoms with van der Waals surface area (Å²) in [5.74, 6) is 0.615.